The maximum atomic E-state index is 12.6. The summed E-state index contributed by atoms with van der Waals surface area (Å²) >= 11 is 7.30. The molecule has 0 aliphatic carbocycles. The number of pyridine rings is 1. The number of carbonyl (C=O) groups excluding carboxylic acids is 2. The quantitative estimate of drug-likeness (QED) is 0.713. The molecule has 0 aliphatic rings. The Labute approximate surface area is 155 Å². The molecule has 1 aromatic carbocycles. The fourth-order valence-corrected chi connectivity index (χ4v) is 3.11. The molecule has 2 aromatic rings. The molecule has 0 bridgehead atoms. The molecule has 0 atom stereocenters. The Bertz CT molecular complexity index is 740. The third-order valence-corrected chi connectivity index (χ3v) is 4.73. The van der Waals surface area contributed by atoms with Gasteiger partial charge in [0.2, 0.25) is 11.8 Å². The van der Waals surface area contributed by atoms with Gasteiger partial charge in [0.1, 0.15) is 10.8 Å². The number of hydrogen-bond donors (Lipinski definition) is 1. The Morgan fingerprint density at radius 2 is 2.00 bits per heavy atom. The molecule has 8 heteroatoms. The lowest BCUT2D eigenvalue weighted by molar-refractivity contribution is -0.118. The zero-order valence-corrected chi connectivity index (χ0v) is 15.2. The summed E-state index contributed by atoms with van der Waals surface area (Å²) in [4.78, 5) is 29.4. The number of carbonyl (C=O) groups is 2. The summed E-state index contributed by atoms with van der Waals surface area (Å²) in [5.41, 5.74) is 5.89. The number of halogens is 1. The van der Waals surface area contributed by atoms with Gasteiger partial charge in [-0.05, 0) is 36.4 Å². The van der Waals surface area contributed by atoms with Crippen molar-refractivity contribution < 1.29 is 14.3 Å². The number of rotatable bonds is 8. The second-order valence-electron chi connectivity index (χ2n) is 5.04. The maximum Gasteiger partial charge on any atom is 0.237 e. The molecular weight excluding hydrogens is 362 g/mol. The second kappa shape index (κ2) is 9.29. The first-order chi connectivity index (χ1) is 12.0. The standard InChI is InChI=1S/C17H18ClN3O3S/c1-24-13-6-4-12(5-7-13)21(10-8-15(19)22)16(23)11-25-17-14(18)3-2-9-20-17/h2-7,9H,8,10-11H2,1H3,(H2,19,22). The summed E-state index contributed by atoms with van der Waals surface area (Å²) < 4.78 is 5.12. The molecule has 0 saturated carbocycles. The fourth-order valence-electron chi connectivity index (χ4n) is 2.07. The van der Waals surface area contributed by atoms with Gasteiger partial charge in [-0.25, -0.2) is 4.98 Å². The number of aromatic nitrogens is 1. The van der Waals surface area contributed by atoms with Gasteiger partial charge in [0.25, 0.3) is 0 Å². The summed E-state index contributed by atoms with van der Waals surface area (Å²) in [5, 5.41) is 1.08. The van der Waals surface area contributed by atoms with Crippen LogP contribution >= 0.6 is 23.4 Å². The highest BCUT2D eigenvalue weighted by Gasteiger charge is 2.18. The summed E-state index contributed by atoms with van der Waals surface area (Å²) in [7, 11) is 1.57. The van der Waals surface area contributed by atoms with Crippen molar-refractivity contribution in [3.05, 3.63) is 47.6 Å². The second-order valence-corrected chi connectivity index (χ2v) is 6.41. The van der Waals surface area contributed by atoms with Crippen molar-refractivity contribution in [3.63, 3.8) is 0 Å². The van der Waals surface area contributed by atoms with Crippen LogP contribution < -0.4 is 15.4 Å². The zero-order valence-electron chi connectivity index (χ0n) is 13.6. The van der Waals surface area contributed by atoms with Gasteiger partial charge in [0.15, 0.2) is 0 Å². The van der Waals surface area contributed by atoms with E-state index in [1.807, 2.05) is 0 Å². The smallest absolute Gasteiger partial charge is 0.237 e. The maximum absolute atomic E-state index is 12.6. The number of primary amides is 1. The van der Waals surface area contributed by atoms with Gasteiger partial charge < -0.3 is 15.4 Å². The van der Waals surface area contributed by atoms with Crippen LogP contribution in [-0.2, 0) is 9.59 Å². The van der Waals surface area contributed by atoms with E-state index in [1.165, 1.54) is 16.7 Å². The molecule has 1 aromatic heterocycles. The number of ether oxygens (including phenoxy) is 1. The van der Waals surface area contributed by atoms with Crippen LogP contribution in [0.5, 0.6) is 5.75 Å². The van der Waals surface area contributed by atoms with Crippen molar-refractivity contribution in [2.24, 2.45) is 5.73 Å². The number of methoxy groups -OCH3 is 1. The van der Waals surface area contributed by atoms with E-state index in [9.17, 15) is 9.59 Å². The molecule has 0 radical (unpaired) electrons. The van der Waals surface area contributed by atoms with Gasteiger partial charge in [-0.1, -0.05) is 23.4 Å². The van der Waals surface area contributed by atoms with Gasteiger partial charge in [0.05, 0.1) is 17.9 Å². The van der Waals surface area contributed by atoms with Crippen LogP contribution in [0.15, 0.2) is 47.6 Å². The van der Waals surface area contributed by atoms with Crippen LogP contribution in [0.4, 0.5) is 5.69 Å². The van der Waals surface area contributed by atoms with Crippen molar-refractivity contribution >= 4 is 40.9 Å². The predicted octanol–water partition coefficient (Wildman–Crippen LogP) is 2.74. The van der Waals surface area contributed by atoms with Crippen molar-refractivity contribution in [2.45, 2.75) is 11.4 Å². The predicted molar refractivity (Wildman–Crippen MR) is 99.1 cm³/mol. The van der Waals surface area contributed by atoms with Gasteiger partial charge in [-0.15, -0.1) is 0 Å². The van der Waals surface area contributed by atoms with Crippen LogP contribution in [0.2, 0.25) is 5.02 Å². The number of nitrogens with two attached hydrogens (primary N) is 1. The SMILES string of the molecule is COc1ccc(N(CCC(N)=O)C(=O)CSc2ncccc2Cl)cc1. The third kappa shape index (κ3) is 5.65. The lowest BCUT2D eigenvalue weighted by Gasteiger charge is -2.22. The first-order valence-electron chi connectivity index (χ1n) is 7.47. The molecule has 25 heavy (non-hydrogen) atoms. The molecule has 0 spiro atoms. The number of benzene rings is 1. The van der Waals surface area contributed by atoms with E-state index in [0.29, 0.717) is 21.5 Å². The average molecular weight is 380 g/mol. The van der Waals surface area contributed by atoms with E-state index >= 15 is 0 Å². The fraction of sp³-hybridized carbons (Fsp3) is 0.235. The minimum atomic E-state index is -0.466. The van der Waals surface area contributed by atoms with Gasteiger partial charge >= 0.3 is 0 Å². The summed E-state index contributed by atoms with van der Waals surface area (Å²) in [6.45, 7) is 0.205. The van der Waals surface area contributed by atoms with E-state index in [-0.39, 0.29) is 24.6 Å². The number of thioether (sulfide) groups is 1. The molecule has 2 amide bonds. The van der Waals surface area contributed by atoms with Crippen LogP contribution in [0.3, 0.4) is 0 Å². The Hall–Kier alpha value is -2.25. The highest BCUT2D eigenvalue weighted by Crippen LogP contribution is 2.26. The highest BCUT2D eigenvalue weighted by molar-refractivity contribution is 8.00. The molecule has 132 valence electrons. The van der Waals surface area contributed by atoms with Gasteiger partial charge in [0, 0.05) is 24.8 Å². The van der Waals surface area contributed by atoms with E-state index < -0.39 is 5.91 Å². The summed E-state index contributed by atoms with van der Waals surface area (Å²) in [5.74, 6) is 0.187. The van der Waals surface area contributed by atoms with Crippen molar-refractivity contribution in [3.8, 4) is 5.75 Å². The van der Waals surface area contributed by atoms with E-state index in [0.717, 1.165) is 0 Å². The molecular formula is C17H18ClN3O3S. The summed E-state index contributed by atoms with van der Waals surface area (Å²) in [6.07, 6.45) is 1.69. The minimum absolute atomic E-state index is 0.0762. The molecule has 0 aliphatic heterocycles. The van der Waals surface area contributed by atoms with Crippen molar-refractivity contribution in [1.29, 1.82) is 0 Å². The molecule has 1 heterocycles. The molecule has 2 N–H and O–H groups in total. The van der Waals surface area contributed by atoms with Crippen LogP contribution in [0, 0.1) is 0 Å². The topological polar surface area (TPSA) is 85.5 Å². The van der Waals surface area contributed by atoms with Crippen LogP contribution in [0.25, 0.3) is 0 Å². The monoisotopic (exact) mass is 379 g/mol. The Kier molecular flexibility index (Phi) is 7.09. The number of amides is 2. The number of hydrogen-bond acceptors (Lipinski definition) is 5. The van der Waals surface area contributed by atoms with Gasteiger partial charge in [-0.2, -0.15) is 0 Å². The molecule has 0 fully saturated rings. The Morgan fingerprint density at radius 1 is 1.28 bits per heavy atom. The van der Waals surface area contributed by atoms with Gasteiger partial charge in [-0.3, -0.25) is 9.59 Å². The number of nitrogens with zero attached hydrogens (tertiary/aromatic N) is 2. The molecule has 2 rings (SSSR count). The third-order valence-electron chi connectivity index (χ3n) is 3.32. The summed E-state index contributed by atoms with van der Waals surface area (Å²) in [6, 6.07) is 10.5. The largest absolute Gasteiger partial charge is 0.497 e. The Morgan fingerprint density at radius 3 is 2.60 bits per heavy atom. The lowest BCUT2D eigenvalue weighted by atomic mass is 10.2. The van der Waals surface area contributed by atoms with E-state index in [4.69, 9.17) is 22.1 Å². The molecule has 0 saturated heterocycles. The van der Waals surface area contributed by atoms with E-state index in [2.05, 4.69) is 4.98 Å². The van der Waals surface area contributed by atoms with Crippen LogP contribution in [0.1, 0.15) is 6.42 Å². The minimum Gasteiger partial charge on any atom is -0.497 e. The average Bonchev–Trinajstić information content (AvgIpc) is 2.61. The Balaban J connectivity index is 2.11. The van der Waals surface area contributed by atoms with E-state index in [1.54, 1.807) is 49.7 Å². The first kappa shape index (κ1) is 19.1. The normalized spacial score (nSPS) is 10.3. The molecule has 0 unspecified atom stereocenters. The number of anilines is 1. The molecule has 6 nitrogen and oxygen atoms in total. The first-order valence-corrected chi connectivity index (χ1v) is 8.83. The highest BCUT2D eigenvalue weighted by atomic mass is 35.5. The lowest BCUT2D eigenvalue weighted by Crippen LogP contribution is -2.35. The van der Waals surface area contributed by atoms with Crippen molar-refractivity contribution in [1.82, 2.24) is 4.98 Å². The zero-order chi connectivity index (χ0) is 18.2. The van der Waals surface area contributed by atoms with Crippen molar-refractivity contribution in [2.75, 3.05) is 24.3 Å². The van der Waals surface area contributed by atoms with Crippen LogP contribution in [-0.4, -0.2) is 36.2 Å².